The van der Waals surface area contributed by atoms with Crippen molar-refractivity contribution in [2.75, 3.05) is 6.61 Å². The molecule has 1 aromatic heterocycles. The molecule has 0 radical (unpaired) electrons. The number of nitrogens with one attached hydrogen (secondary N) is 1. The molecule has 5 nitrogen and oxygen atoms in total. The van der Waals surface area contributed by atoms with E-state index < -0.39 is 0 Å². The van der Waals surface area contributed by atoms with Crippen LogP contribution in [0, 0.1) is 0 Å². The van der Waals surface area contributed by atoms with Gasteiger partial charge in [0.1, 0.15) is 5.75 Å². The number of benzene rings is 1. The third-order valence-electron chi connectivity index (χ3n) is 3.12. The van der Waals surface area contributed by atoms with Gasteiger partial charge in [-0.3, -0.25) is 16.0 Å². The first-order valence-corrected chi connectivity index (χ1v) is 6.90. The molecule has 1 unspecified atom stereocenters. The molecule has 2 aromatic rings. The average Bonchev–Trinajstić information content (AvgIpc) is 2.88. The van der Waals surface area contributed by atoms with Crippen molar-refractivity contribution in [3.05, 3.63) is 47.8 Å². The fourth-order valence-electron chi connectivity index (χ4n) is 2.10. The Kier molecular flexibility index (Phi) is 5.15. The largest absolute Gasteiger partial charge is 0.494 e. The molecule has 0 aliphatic heterocycles. The molecule has 0 fully saturated rings. The van der Waals surface area contributed by atoms with Crippen LogP contribution >= 0.6 is 0 Å². The molecule has 1 heterocycles. The normalized spacial score (nSPS) is 12.3. The molecule has 0 amide bonds. The zero-order chi connectivity index (χ0) is 14.4. The zero-order valence-electron chi connectivity index (χ0n) is 12.0. The van der Waals surface area contributed by atoms with Gasteiger partial charge >= 0.3 is 0 Å². The highest BCUT2D eigenvalue weighted by atomic mass is 16.5. The molecule has 1 atom stereocenters. The third-order valence-corrected chi connectivity index (χ3v) is 3.12. The van der Waals surface area contributed by atoms with E-state index in [1.165, 1.54) is 0 Å². The van der Waals surface area contributed by atoms with Crippen LogP contribution in [0.5, 0.6) is 5.75 Å². The summed E-state index contributed by atoms with van der Waals surface area (Å²) >= 11 is 0. The number of rotatable bonds is 7. The zero-order valence-corrected chi connectivity index (χ0v) is 12.0. The van der Waals surface area contributed by atoms with Crippen LogP contribution in [0.4, 0.5) is 0 Å². The molecule has 5 heteroatoms. The fourth-order valence-corrected chi connectivity index (χ4v) is 2.10. The monoisotopic (exact) mass is 274 g/mol. The summed E-state index contributed by atoms with van der Waals surface area (Å²) in [5, 5.41) is 4.39. The van der Waals surface area contributed by atoms with E-state index in [4.69, 9.17) is 10.6 Å². The Labute approximate surface area is 119 Å². The van der Waals surface area contributed by atoms with E-state index in [0.29, 0.717) is 0 Å². The summed E-state index contributed by atoms with van der Waals surface area (Å²) in [6.45, 7) is 2.82. The van der Waals surface area contributed by atoms with Crippen LogP contribution in [0.15, 0.2) is 36.5 Å². The SMILES string of the molecule is CCCOc1cccc(C(Cc2ccn(C)n2)NN)c1. The second kappa shape index (κ2) is 7.07. The highest BCUT2D eigenvalue weighted by Gasteiger charge is 2.13. The molecule has 0 saturated heterocycles. The Morgan fingerprint density at radius 1 is 1.40 bits per heavy atom. The van der Waals surface area contributed by atoms with Gasteiger partial charge in [-0.25, -0.2) is 0 Å². The van der Waals surface area contributed by atoms with Gasteiger partial charge in [0.2, 0.25) is 0 Å². The van der Waals surface area contributed by atoms with Gasteiger partial charge in [-0.05, 0) is 30.2 Å². The smallest absolute Gasteiger partial charge is 0.119 e. The van der Waals surface area contributed by atoms with Gasteiger partial charge in [0, 0.05) is 19.7 Å². The van der Waals surface area contributed by atoms with Crippen LogP contribution in [-0.2, 0) is 13.5 Å². The van der Waals surface area contributed by atoms with E-state index in [2.05, 4.69) is 17.4 Å². The van der Waals surface area contributed by atoms with Crippen LogP contribution in [0.3, 0.4) is 0 Å². The summed E-state index contributed by atoms with van der Waals surface area (Å²) in [6.07, 6.45) is 3.68. The molecule has 0 saturated carbocycles. The first kappa shape index (κ1) is 14.6. The molecule has 0 spiro atoms. The number of ether oxygens (including phenoxy) is 1. The van der Waals surface area contributed by atoms with Gasteiger partial charge in [0.15, 0.2) is 0 Å². The molecular weight excluding hydrogens is 252 g/mol. The topological polar surface area (TPSA) is 65.1 Å². The van der Waals surface area contributed by atoms with Gasteiger partial charge in [0.25, 0.3) is 0 Å². The van der Waals surface area contributed by atoms with Crippen molar-refractivity contribution in [2.45, 2.75) is 25.8 Å². The minimum absolute atomic E-state index is 0.0232. The van der Waals surface area contributed by atoms with E-state index in [9.17, 15) is 0 Å². The first-order valence-electron chi connectivity index (χ1n) is 6.90. The third kappa shape index (κ3) is 3.82. The lowest BCUT2D eigenvalue weighted by Gasteiger charge is -2.16. The highest BCUT2D eigenvalue weighted by Crippen LogP contribution is 2.21. The van der Waals surface area contributed by atoms with E-state index in [0.717, 1.165) is 36.5 Å². The lowest BCUT2D eigenvalue weighted by atomic mass is 10.0. The van der Waals surface area contributed by atoms with Gasteiger partial charge < -0.3 is 4.74 Å². The minimum atomic E-state index is 0.0232. The Morgan fingerprint density at radius 2 is 2.25 bits per heavy atom. The summed E-state index contributed by atoms with van der Waals surface area (Å²) in [5.74, 6) is 6.56. The summed E-state index contributed by atoms with van der Waals surface area (Å²) in [5.41, 5.74) is 4.97. The van der Waals surface area contributed by atoms with Crippen molar-refractivity contribution < 1.29 is 4.74 Å². The molecule has 0 aliphatic carbocycles. The lowest BCUT2D eigenvalue weighted by Crippen LogP contribution is -2.29. The van der Waals surface area contributed by atoms with Crippen LogP contribution in [0.25, 0.3) is 0 Å². The van der Waals surface area contributed by atoms with Gasteiger partial charge in [0.05, 0.1) is 18.3 Å². The molecule has 0 bridgehead atoms. The predicted molar refractivity (Wildman–Crippen MR) is 79.2 cm³/mol. The number of hydrogen-bond donors (Lipinski definition) is 2. The van der Waals surface area contributed by atoms with Gasteiger partial charge in [-0.1, -0.05) is 19.1 Å². The molecule has 2 rings (SSSR count). The van der Waals surface area contributed by atoms with Crippen molar-refractivity contribution >= 4 is 0 Å². The molecule has 3 N–H and O–H groups in total. The molecule has 20 heavy (non-hydrogen) atoms. The van der Waals surface area contributed by atoms with Crippen molar-refractivity contribution in [3.63, 3.8) is 0 Å². The van der Waals surface area contributed by atoms with Crippen LogP contribution in [0.1, 0.15) is 30.6 Å². The Morgan fingerprint density at radius 3 is 2.90 bits per heavy atom. The van der Waals surface area contributed by atoms with E-state index in [-0.39, 0.29) is 6.04 Å². The summed E-state index contributed by atoms with van der Waals surface area (Å²) in [6, 6.07) is 10.1. The van der Waals surface area contributed by atoms with Crippen molar-refractivity contribution in [3.8, 4) is 5.75 Å². The Hall–Kier alpha value is -1.85. The number of nitrogens with zero attached hydrogens (tertiary/aromatic N) is 2. The number of hydrazine groups is 1. The predicted octanol–water partition coefficient (Wildman–Crippen LogP) is 1.96. The number of nitrogens with two attached hydrogens (primary N) is 1. The maximum atomic E-state index is 5.68. The molecule has 1 aromatic carbocycles. The van der Waals surface area contributed by atoms with Gasteiger partial charge in [-0.15, -0.1) is 0 Å². The van der Waals surface area contributed by atoms with Crippen molar-refractivity contribution in [2.24, 2.45) is 12.9 Å². The number of hydrogen-bond acceptors (Lipinski definition) is 4. The van der Waals surface area contributed by atoms with Crippen molar-refractivity contribution in [1.82, 2.24) is 15.2 Å². The summed E-state index contributed by atoms with van der Waals surface area (Å²) < 4.78 is 7.45. The second-order valence-corrected chi connectivity index (χ2v) is 4.83. The minimum Gasteiger partial charge on any atom is -0.494 e. The summed E-state index contributed by atoms with van der Waals surface area (Å²) in [7, 11) is 1.91. The number of aromatic nitrogens is 2. The maximum absolute atomic E-state index is 5.68. The Bertz CT molecular complexity index is 538. The Balaban J connectivity index is 2.10. The standard InChI is InChI=1S/C15H22N4O/c1-3-9-20-14-6-4-5-12(10-14)15(17-16)11-13-7-8-19(2)18-13/h4-8,10,15,17H,3,9,11,16H2,1-2H3. The van der Waals surface area contributed by atoms with E-state index in [1.54, 1.807) is 4.68 Å². The fraction of sp³-hybridized carbons (Fsp3) is 0.400. The highest BCUT2D eigenvalue weighted by molar-refractivity contribution is 5.31. The quantitative estimate of drug-likeness (QED) is 0.598. The molecule has 0 aliphatic rings. The molecule has 108 valence electrons. The average molecular weight is 274 g/mol. The van der Waals surface area contributed by atoms with Crippen LogP contribution in [-0.4, -0.2) is 16.4 Å². The molecular formula is C15H22N4O. The number of aryl methyl sites for hydroxylation is 1. The van der Waals surface area contributed by atoms with Crippen molar-refractivity contribution in [1.29, 1.82) is 0 Å². The van der Waals surface area contributed by atoms with E-state index >= 15 is 0 Å². The van der Waals surface area contributed by atoms with E-state index in [1.807, 2.05) is 43.6 Å². The van der Waals surface area contributed by atoms with Gasteiger partial charge in [-0.2, -0.15) is 5.10 Å². The van der Waals surface area contributed by atoms with Crippen LogP contribution < -0.4 is 16.0 Å². The maximum Gasteiger partial charge on any atom is 0.119 e. The van der Waals surface area contributed by atoms with Crippen LogP contribution in [0.2, 0.25) is 0 Å². The summed E-state index contributed by atoms with van der Waals surface area (Å²) in [4.78, 5) is 0. The first-order chi connectivity index (χ1) is 9.72. The lowest BCUT2D eigenvalue weighted by molar-refractivity contribution is 0.316. The second-order valence-electron chi connectivity index (χ2n) is 4.83.